The molecule has 2 N–H and O–H groups in total. The Morgan fingerprint density at radius 2 is 2.14 bits per heavy atom. The minimum atomic E-state index is -0.385. The Morgan fingerprint density at radius 1 is 1.38 bits per heavy atom. The number of morpholine rings is 1. The zero-order valence-corrected chi connectivity index (χ0v) is 12.7. The Hall–Kier alpha value is -1.15. The molecule has 1 saturated heterocycles. The first-order valence-corrected chi connectivity index (χ1v) is 7.50. The first-order chi connectivity index (χ1) is 10.2. The van der Waals surface area contributed by atoms with E-state index in [-0.39, 0.29) is 23.7 Å². The number of aromatic nitrogens is 2. The van der Waals surface area contributed by atoms with Crippen LogP contribution < -0.4 is 10.9 Å². The Balaban J connectivity index is 1.80. The molecular weight excluding hydrogens is 296 g/mol. The molecule has 0 aliphatic carbocycles. The molecule has 1 aromatic rings. The maximum absolute atomic E-state index is 11.9. The van der Waals surface area contributed by atoms with Crippen LogP contribution in [0.15, 0.2) is 11.0 Å². The molecule has 0 amide bonds. The predicted molar refractivity (Wildman–Crippen MR) is 81.0 cm³/mol. The van der Waals surface area contributed by atoms with Gasteiger partial charge in [-0.15, -0.1) is 0 Å². The van der Waals surface area contributed by atoms with E-state index in [0.717, 1.165) is 50.5 Å². The SMILES string of the molecule is O=c1c(Cl)c(NCCCN2CCOCC2)cnn1CCO. The van der Waals surface area contributed by atoms with Crippen LogP contribution in [0.5, 0.6) is 0 Å². The predicted octanol–water partition coefficient (Wildman–Crippen LogP) is 0.0232. The van der Waals surface area contributed by atoms with Crippen molar-refractivity contribution in [2.45, 2.75) is 13.0 Å². The highest BCUT2D eigenvalue weighted by Crippen LogP contribution is 2.15. The summed E-state index contributed by atoms with van der Waals surface area (Å²) in [4.78, 5) is 14.2. The lowest BCUT2D eigenvalue weighted by Crippen LogP contribution is -2.37. The van der Waals surface area contributed by atoms with Crippen LogP contribution in [0.4, 0.5) is 5.69 Å². The van der Waals surface area contributed by atoms with E-state index in [4.69, 9.17) is 21.4 Å². The number of nitrogens with zero attached hydrogens (tertiary/aromatic N) is 3. The summed E-state index contributed by atoms with van der Waals surface area (Å²) in [5, 5.41) is 16.0. The number of ether oxygens (including phenoxy) is 1. The highest BCUT2D eigenvalue weighted by molar-refractivity contribution is 6.32. The van der Waals surface area contributed by atoms with Crippen LogP contribution in [0.2, 0.25) is 5.02 Å². The number of aliphatic hydroxyl groups is 1. The third-order valence-corrected chi connectivity index (χ3v) is 3.73. The molecule has 0 saturated carbocycles. The minimum Gasteiger partial charge on any atom is -0.394 e. The maximum Gasteiger partial charge on any atom is 0.287 e. The van der Waals surface area contributed by atoms with Gasteiger partial charge >= 0.3 is 0 Å². The van der Waals surface area contributed by atoms with Crippen molar-refractivity contribution in [3.8, 4) is 0 Å². The number of anilines is 1. The summed E-state index contributed by atoms with van der Waals surface area (Å²) < 4.78 is 6.45. The number of hydrogen-bond donors (Lipinski definition) is 2. The van der Waals surface area contributed by atoms with E-state index in [1.54, 1.807) is 0 Å². The smallest absolute Gasteiger partial charge is 0.287 e. The van der Waals surface area contributed by atoms with Gasteiger partial charge in [0.1, 0.15) is 5.02 Å². The number of halogens is 1. The maximum atomic E-state index is 11.9. The van der Waals surface area contributed by atoms with Crippen molar-refractivity contribution in [2.24, 2.45) is 0 Å². The fourth-order valence-electron chi connectivity index (χ4n) is 2.19. The van der Waals surface area contributed by atoms with Crippen molar-refractivity contribution in [3.05, 3.63) is 21.6 Å². The quantitative estimate of drug-likeness (QED) is 0.691. The van der Waals surface area contributed by atoms with E-state index in [9.17, 15) is 4.79 Å². The largest absolute Gasteiger partial charge is 0.394 e. The standard InChI is InChI=1S/C13H21ClN4O3/c14-12-11(10-16-18(4-7-19)13(12)20)15-2-1-3-17-5-8-21-9-6-17/h10,15,19H,1-9H2. The number of rotatable bonds is 7. The van der Waals surface area contributed by atoms with E-state index in [1.165, 1.54) is 6.20 Å². The number of nitrogens with one attached hydrogen (secondary N) is 1. The van der Waals surface area contributed by atoms with Crippen LogP contribution in [0, 0.1) is 0 Å². The van der Waals surface area contributed by atoms with Gasteiger partial charge in [0.15, 0.2) is 0 Å². The zero-order chi connectivity index (χ0) is 15.1. The van der Waals surface area contributed by atoms with Gasteiger partial charge in [-0.3, -0.25) is 9.69 Å². The molecule has 1 aromatic heterocycles. The van der Waals surface area contributed by atoms with Gasteiger partial charge < -0.3 is 15.2 Å². The Bertz CT molecular complexity index is 503. The number of aliphatic hydroxyl groups excluding tert-OH is 1. The number of hydrogen-bond acceptors (Lipinski definition) is 6. The van der Waals surface area contributed by atoms with Crippen LogP contribution in [0.1, 0.15) is 6.42 Å². The lowest BCUT2D eigenvalue weighted by atomic mass is 10.3. The minimum absolute atomic E-state index is 0.116. The second-order valence-electron chi connectivity index (χ2n) is 4.86. The Kier molecular flexibility index (Phi) is 6.44. The lowest BCUT2D eigenvalue weighted by molar-refractivity contribution is 0.0378. The van der Waals surface area contributed by atoms with Crippen LogP contribution in [-0.2, 0) is 11.3 Å². The molecule has 8 heteroatoms. The third kappa shape index (κ3) is 4.67. The van der Waals surface area contributed by atoms with Gasteiger partial charge in [-0.1, -0.05) is 11.6 Å². The second-order valence-corrected chi connectivity index (χ2v) is 5.24. The summed E-state index contributed by atoms with van der Waals surface area (Å²) in [6.45, 7) is 5.26. The Labute approximate surface area is 128 Å². The molecule has 0 bridgehead atoms. The van der Waals surface area contributed by atoms with Crippen molar-refractivity contribution < 1.29 is 9.84 Å². The van der Waals surface area contributed by atoms with Crippen molar-refractivity contribution in [3.63, 3.8) is 0 Å². The molecule has 118 valence electrons. The van der Waals surface area contributed by atoms with Crippen LogP contribution in [0.3, 0.4) is 0 Å². The lowest BCUT2D eigenvalue weighted by Gasteiger charge is -2.26. The highest BCUT2D eigenvalue weighted by atomic mass is 35.5. The van der Waals surface area contributed by atoms with E-state index in [2.05, 4.69) is 15.3 Å². The van der Waals surface area contributed by atoms with E-state index < -0.39 is 0 Å². The third-order valence-electron chi connectivity index (χ3n) is 3.37. The van der Waals surface area contributed by atoms with Gasteiger partial charge in [-0.2, -0.15) is 5.10 Å². The van der Waals surface area contributed by atoms with Crippen LogP contribution in [0.25, 0.3) is 0 Å². The van der Waals surface area contributed by atoms with Crippen LogP contribution in [-0.4, -0.2) is 65.8 Å². The fourth-order valence-corrected chi connectivity index (χ4v) is 2.41. The first-order valence-electron chi connectivity index (χ1n) is 7.13. The highest BCUT2D eigenvalue weighted by Gasteiger charge is 2.11. The van der Waals surface area contributed by atoms with Crippen molar-refractivity contribution in [2.75, 3.05) is 51.3 Å². The molecular formula is C13H21ClN4O3. The normalized spacial score (nSPS) is 16.1. The molecule has 21 heavy (non-hydrogen) atoms. The average molecular weight is 317 g/mol. The molecule has 1 aliphatic rings. The second kappa shape index (κ2) is 8.33. The van der Waals surface area contributed by atoms with Gasteiger partial charge in [-0.25, -0.2) is 4.68 Å². The van der Waals surface area contributed by atoms with Gasteiger partial charge in [0, 0.05) is 19.6 Å². The van der Waals surface area contributed by atoms with Gasteiger partial charge in [0.05, 0.1) is 38.2 Å². The summed E-state index contributed by atoms with van der Waals surface area (Å²) in [6, 6.07) is 0. The van der Waals surface area contributed by atoms with Crippen molar-refractivity contribution in [1.82, 2.24) is 14.7 Å². The molecule has 0 spiro atoms. The molecule has 7 nitrogen and oxygen atoms in total. The van der Waals surface area contributed by atoms with Gasteiger partial charge in [-0.05, 0) is 13.0 Å². The van der Waals surface area contributed by atoms with Gasteiger partial charge in [0.2, 0.25) is 0 Å². The molecule has 0 aromatic carbocycles. The zero-order valence-electron chi connectivity index (χ0n) is 11.9. The molecule has 2 rings (SSSR count). The van der Waals surface area contributed by atoms with Crippen molar-refractivity contribution >= 4 is 17.3 Å². The fraction of sp³-hybridized carbons (Fsp3) is 0.692. The topological polar surface area (TPSA) is 79.6 Å². The molecule has 0 radical (unpaired) electrons. The molecule has 0 unspecified atom stereocenters. The van der Waals surface area contributed by atoms with Crippen LogP contribution >= 0.6 is 11.6 Å². The Morgan fingerprint density at radius 3 is 2.86 bits per heavy atom. The van der Waals surface area contributed by atoms with E-state index in [0.29, 0.717) is 5.69 Å². The summed E-state index contributed by atoms with van der Waals surface area (Å²) in [5.74, 6) is 0. The van der Waals surface area contributed by atoms with E-state index in [1.807, 2.05) is 0 Å². The van der Waals surface area contributed by atoms with E-state index >= 15 is 0 Å². The summed E-state index contributed by atoms with van der Waals surface area (Å²) in [5.41, 5.74) is 0.154. The summed E-state index contributed by atoms with van der Waals surface area (Å²) in [7, 11) is 0. The molecule has 1 aliphatic heterocycles. The van der Waals surface area contributed by atoms with Crippen molar-refractivity contribution in [1.29, 1.82) is 0 Å². The van der Waals surface area contributed by atoms with Gasteiger partial charge in [0.25, 0.3) is 5.56 Å². The summed E-state index contributed by atoms with van der Waals surface area (Å²) >= 11 is 6.02. The molecule has 0 atom stereocenters. The molecule has 1 fully saturated rings. The first kappa shape index (κ1) is 16.2. The molecule has 2 heterocycles. The summed E-state index contributed by atoms with van der Waals surface area (Å²) in [6.07, 6.45) is 2.48. The monoisotopic (exact) mass is 316 g/mol. The average Bonchev–Trinajstić information content (AvgIpc) is 2.51.